The smallest absolute Gasteiger partial charge is 0.229 e. The maximum atomic E-state index is 5.55. The summed E-state index contributed by atoms with van der Waals surface area (Å²) in [5.74, 6) is 1.35. The van der Waals surface area contributed by atoms with E-state index >= 15 is 0 Å². The molecule has 0 aromatic carbocycles. The SMILES string of the molecule is CCN(CC)CCc1noc(CC(CN)OC)n1. The topological polar surface area (TPSA) is 77.4 Å². The standard InChI is InChI=1S/C12H24N4O2/c1-4-16(5-2)7-6-11-14-12(18-15-11)8-10(9-13)17-3/h10H,4-9,13H2,1-3H3. The molecule has 0 spiro atoms. The minimum absolute atomic E-state index is 0.0546. The second-order valence-corrected chi connectivity index (χ2v) is 4.18. The Morgan fingerprint density at radius 3 is 2.67 bits per heavy atom. The summed E-state index contributed by atoms with van der Waals surface area (Å²) < 4.78 is 10.4. The Morgan fingerprint density at radius 2 is 2.11 bits per heavy atom. The van der Waals surface area contributed by atoms with Crippen molar-refractivity contribution in [3.8, 4) is 0 Å². The molecular formula is C12H24N4O2. The number of rotatable bonds is 9. The zero-order valence-corrected chi connectivity index (χ0v) is 11.6. The van der Waals surface area contributed by atoms with Crippen LogP contribution < -0.4 is 5.73 Å². The molecule has 1 unspecified atom stereocenters. The van der Waals surface area contributed by atoms with E-state index in [9.17, 15) is 0 Å². The van der Waals surface area contributed by atoms with E-state index in [2.05, 4.69) is 28.9 Å². The van der Waals surface area contributed by atoms with Gasteiger partial charge < -0.3 is 19.9 Å². The molecule has 0 amide bonds. The number of hydrogen-bond donors (Lipinski definition) is 1. The second kappa shape index (κ2) is 8.18. The largest absolute Gasteiger partial charge is 0.380 e. The maximum Gasteiger partial charge on any atom is 0.229 e. The van der Waals surface area contributed by atoms with Crippen molar-refractivity contribution < 1.29 is 9.26 Å². The van der Waals surface area contributed by atoms with E-state index in [1.54, 1.807) is 7.11 Å². The van der Waals surface area contributed by atoms with Crippen molar-refractivity contribution >= 4 is 0 Å². The first-order valence-corrected chi connectivity index (χ1v) is 6.50. The van der Waals surface area contributed by atoms with Gasteiger partial charge >= 0.3 is 0 Å². The predicted octanol–water partition coefficient (Wildman–Crippen LogP) is 0.470. The van der Waals surface area contributed by atoms with Gasteiger partial charge in [-0.1, -0.05) is 19.0 Å². The average Bonchev–Trinajstić information content (AvgIpc) is 2.85. The van der Waals surface area contributed by atoms with Gasteiger partial charge in [0.15, 0.2) is 5.82 Å². The Morgan fingerprint density at radius 1 is 1.39 bits per heavy atom. The quantitative estimate of drug-likeness (QED) is 0.692. The van der Waals surface area contributed by atoms with E-state index in [0.717, 1.165) is 31.9 Å². The lowest BCUT2D eigenvalue weighted by Crippen LogP contribution is -2.26. The van der Waals surface area contributed by atoms with Crippen molar-refractivity contribution in [1.29, 1.82) is 0 Å². The van der Waals surface area contributed by atoms with Crippen LogP contribution in [-0.4, -0.2) is 54.4 Å². The van der Waals surface area contributed by atoms with E-state index in [-0.39, 0.29) is 6.10 Å². The highest BCUT2D eigenvalue weighted by molar-refractivity contribution is 4.89. The first-order chi connectivity index (χ1) is 8.73. The van der Waals surface area contributed by atoms with Crippen molar-refractivity contribution in [1.82, 2.24) is 15.0 Å². The molecule has 18 heavy (non-hydrogen) atoms. The summed E-state index contributed by atoms with van der Waals surface area (Å²) in [6.45, 7) is 7.79. The zero-order valence-electron chi connectivity index (χ0n) is 11.6. The van der Waals surface area contributed by atoms with E-state index in [0.29, 0.717) is 18.9 Å². The summed E-state index contributed by atoms with van der Waals surface area (Å²) in [6, 6.07) is 0. The number of nitrogens with two attached hydrogens (primary N) is 1. The number of nitrogens with zero attached hydrogens (tertiary/aromatic N) is 3. The van der Waals surface area contributed by atoms with Crippen LogP contribution >= 0.6 is 0 Å². The highest BCUT2D eigenvalue weighted by Crippen LogP contribution is 2.04. The fraction of sp³-hybridized carbons (Fsp3) is 0.833. The highest BCUT2D eigenvalue weighted by atomic mass is 16.5. The van der Waals surface area contributed by atoms with Crippen LogP contribution in [-0.2, 0) is 17.6 Å². The van der Waals surface area contributed by atoms with Crippen LogP contribution in [0, 0.1) is 0 Å². The molecule has 6 heteroatoms. The minimum atomic E-state index is -0.0546. The van der Waals surface area contributed by atoms with E-state index < -0.39 is 0 Å². The molecule has 0 aliphatic carbocycles. The van der Waals surface area contributed by atoms with Crippen LogP contribution in [0.4, 0.5) is 0 Å². The molecule has 6 nitrogen and oxygen atoms in total. The van der Waals surface area contributed by atoms with Gasteiger partial charge in [-0.25, -0.2) is 0 Å². The molecule has 0 aliphatic rings. The van der Waals surface area contributed by atoms with Crippen LogP contribution in [0.1, 0.15) is 25.6 Å². The molecule has 0 bridgehead atoms. The molecule has 2 N–H and O–H groups in total. The molecule has 1 heterocycles. The summed E-state index contributed by atoms with van der Waals surface area (Å²) >= 11 is 0. The molecule has 1 aromatic rings. The lowest BCUT2D eigenvalue weighted by molar-refractivity contribution is 0.102. The molecular weight excluding hydrogens is 232 g/mol. The summed E-state index contributed by atoms with van der Waals surface area (Å²) in [6.07, 6.45) is 1.33. The van der Waals surface area contributed by atoms with Gasteiger partial charge in [-0.05, 0) is 13.1 Å². The Balaban J connectivity index is 2.43. The number of hydrogen-bond acceptors (Lipinski definition) is 6. The van der Waals surface area contributed by atoms with Gasteiger partial charge in [0.1, 0.15) is 0 Å². The van der Waals surface area contributed by atoms with Crippen molar-refractivity contribution in [3.63, 3.8) is 0 Å². The van der Waals surface area contributed by atoms with Gasteiger partial charge in [-0.3, -0.25) is 0 Å². The Hall–Kier alpha value is -0.980. The van der Waals surface area contributed by atoms with Gasteiger partial charge in [0.25, 0.3) is 0 Å². The van der Waals surface area contributed by atoms with Crippen LogP contribution in [0.15, 0.2) is 4.52 Å². The molecule has 0 radical (unpaired) electrons. The van der Waals surface area contributed by atoms with E-state index in [1.165, 1.54) is 0 Å². The third-order valence-electron chi connectivity index (χ3n) is 3.05. The summed E-state index contributed by atoms with van der Waals surface area (Å²) in [7, 11) is 1.63. The predicted molar refractivity (Wildman–Crippen MR) is 69.3 cm³/mol. The number of methoxy groups -OCH3 is 1. The second-order valence-electron chi connectivity index (χ2n) is 4.18. The zero-order chi connectivity index (χ0) is 13.4. The normalized spacial score (nSPS) is 13.2. The van der Waals surface area contributed by atoms with Gasteiger partial charge in [0.2, 0.25) is 5.89 Å². The molecule has 0 fully saturated rings. The van der Waals surface area contributed by atoms with Crippen molar-refractivity contribution in [3.05, 3.63) is 11.7 Å². The molecule has 0 aliphatic heterocycles. The average molecular weight is 256 g/mol. The first kappa shape index (κ1) is 15.1. The van der Waals surface area contributed by atoms with Crippen molar-refractivity contribution in [2.24, 2.45) is 5.73 Å². The van der Waals surface area contributed by atoms with Gasteiger partial charge in [0.05, 0.1) is 12.5 Å². The van der Waals surface area contributed by atoms with Crippen LogP contribution in [0.3, 0.4) is 0 Å². The third-order valence-corrected chi connectivity index (χ3v) is 3.05. The van der Waals surface area contributed by atoms with Crippen LogP contribution in [0.25, 0.3) is 0 Å². The summed E-state index contributed by atoms with van der Waals surface area (Å²) in [5.41, 5.74) is 5.55. The fourth-order valence-electron chi connectivity index (χ4n) is 1.73. The molecule has 104 valence electrons. The lowest BCUT2D eigenvalue weighted by atomic mass is 10.2. The molecule has 1 rings (SSSR count). The monoisotopic (exact) mass is 256 g/mol. The molecule has 0 saturated carbocycles. The number of aromatic nitrogens is 2. The summed E-state index contributed by atoms with van der Waals surface area (Å²) in [4.78, 5) is 6.67. The Labute approximate surface area is 108 Å². The third kappa shape index (κ3) is 4.72. The molecule has 1 aromatic heterocycles. The van der Waals surface area contributed by atoms with Crippen molar-refractivity contribution in [2.45, 2.75) is 32.8 Å². The minimum Gasteiger partial charge on any atom is -0.380 e. The van der Waals surface area contributed by atoms with Gasteiger partial charge in [-0.15, -0.1) is 0 Å². The summed E-state index contributed by atoms with van der Waals surface area (Å²) in [5, 5.41) is 3.97. The lowest BCUT2D eigenvalue weighted by Gasteiger charge is -2.16. The fourth-order valence-corrected chi connectivity index (χ4v) is 1.73. The highest BCUT2D eigenvalue weighted by Gasteiger charge is 2.13. The van der Waals surface area contributed by atoms with Crippen LogP contribution in [0.2, 0.25) is 0 Å². The van der Waals surface area contributed by atoms with Gasteiger partial charge in [-0.2, -0.15) is 4.98 Å². The Kier molecular flexibility index (Phi) is 6.85. The Bertz CT molecular complexity index is 322. The van der Waals surface area contributed by atoms with Gasteiger partial charge in [0, 0.05) is 26.6 Å². The first-order valence-electron chi connectivity index (χ1n) is 6.50. The number of ether oxygens (including phenoxy) is 1. The van der Waals surface area contributed by atoms with E-state index in [1.807, 2.05) is 0 Å². The molecule has 0 saturated heterocycles. The maximum absolute atomic E-state index is 5.55. The molecule has 1 atom stereocenters. The van der Waals surface area contributed by atoms with Crippen LogP contribution in [0.5, 0.6) is 0 Å². The number of likely N-dealkylation sites (N-methyl/N-ethyl adjacent to an activating group) is 1. The van der Waals surface area contributed by atoms with Crippen molar-refractivity contribution in [2.75, 3.05) is 33.3 Å². The van der Waals surface area contributed by atoms with E-state index in [4.69, 9.17) is 15.0 Å².